The largest absolute Gasteiger partial charge is 0.340 e. The van der Waals surface area contributed by atoms with Gasteiger partial charge in [-0.25, -0.2) is 13.5 Å². The number of rotatable bonds is 3. The van der Waals surface area contributed by atoms with Gasteiger partial charge in [0.05, 0.1) is 0 Å². The molecule has 8 heteroatoms. The van der Waals surface area contributed by atoms with E-state index in [0.29, 0.717) is 0 Å². The van der Waals surface area contributed by atoms with Crippen LogP contribution in [0, 0.1) is 17.8 Å². The van der Waals surface area contributed by atoms with Crippen LogP contribution < -0.4 is 4.72 Å². The van der Waals surface area contributed by atoms with Crippen LogP contribution in [0.5, 0.6) is 0 Å². The van der Waals surface area contributed by atoms with E-state index in [1.54, 1.807) is 19.3 Å². The molecule has 3 atom stereocenters. The van der Waals surface area contributed by atoms with Gasteiger partial charge >= 0.3 is 0 Å². The topological polar surface area (TPSA) is 68.2 Å². The molecule has 1 unspecified atom stereocenters. The highest BCUT2D eigenvalue weighted by Gasteiger charge is 2.65. The Labute approximate surface area is 115 Å². The number of fused-ring (bicyclic) bond motifs is 1. The third-order valence-electron chi connectivity index (χ3n) is 4.11. The first-order valence-corrected chi connectivity index (χ1v) is 7.75. The van der Waals surface area contributed by atoms with Crippen molar-refractivity contribution in [2.45, 2.75) is 23.8 Å². The van der Waals surface area contributed by atoms with Crippen molar-refractivity contribution in [2.75, 3.05) is 0 Å². The second kappa shape index (κ2) is 4.03. The van der Waals surface area contributed by atoms with Gasteiger partial charge in [-0.1, -0.05) is 0 Å². The molecule has 0 saturated heterocycles. The highest BCUT2D eigenvalue weighted by atomic mass is 32.2. The summed E-state index contributed by atoms with van der Waals surface area (Å²) in [4.78, 5) is 11.9. The number of hydrogen-bond acceptors (Lipinski definition) is 3. The molecule has 0 bridgehead atoms. The average molecular weight is 304 g/mol. The first-order chi connectivity index (χ1) is 9.21. The van der Waals surface area contributed by atoms with E-state index in [-0.39, 0.29) is 29.7 Å². The number of carbonyl (C=O) groups is 1. The van der Waals surface area contributed by atoms with Crippen LogP contribution in [0.25, 0.3) is 0 Å². The summed E-state index contributed by atoms with van der Waals surface area (Å²) < 4.78 is 53.4. The second-order valence-corrected chi connectivity index (χ2v) is 7.17. The van der Waals surface area contributed by atoms with Crippen molar-refractivity contribution < 1.29 is 22.0 Å². The fraction of sp³-hybridized carbons (Fsp3) is 0.583. The molecule has 0 aromatic carbocycles. The Kier molecular flexibility index (Phi) is 2.73. The monoisotopic (exact) mass is 304 g/mol. The molecule has 1 aromatic heterocycles. The molecule has 1 N–H and O–H groups in total. The first kappa shape index (κ1) is 13.5. The van der Waals surface area contributed by atoms with E-state index < -0.39 is 27.8 Å². The van der Waals surface area contributed by atoms with Gasteiger partial charge in [-0.2, -0.15) is 8.42 Å². The number of alkyl halides is 2. The molecule has 0 aliphatic heterocycles. The molecular weight excluding hydrogens is 290 g/mol. The van der Waals surface area contributed by atoms with E-state index >= 15 is 0 Å². The van der Waals surface area contributed by atoms with Gasteiger partial charge < -0.3 is 4.57 Å². The summed E-state index contributed by atoms with van der Waals surface area (Å²) in [5.41, 5.74) is 0. The van der Waals surface area contributed by atoms with Crippen LogP contribution >= 0.6 is 0 Å². The molecule has 2 fully saturated rings. The molecule has 1 heterocycles. The number of halogens is 2. The number of nitrogens with one attached hydrogen (secondary N) is 1. The normalized spacial score (nSPS) is 30.9. The van der Waals surface area contributed by atoms with E-state index in [1.165, 1.54) is 10.6 Å². The standard InChI is InChI=1S/C12H14F2N2O3S/c1-16-4-2-3-9(16)20(18,19)15-11(17)10-7-5-12(13,14)6-8(7)10/h2-4,7-8,10H,5-6H2,1H3,(H,15,17)/t7-,8+,10?. The summed E-state index contributed by atoms with van der Waals surface area (Å²) >= 11 is 0. The van der Waals surface area contributed by atoms with Crippen molar-refractivity contribution in [1.29, 1.82) is 0 Å². The number of sulfonamides is 1. The lowest BCUT2D eigenvalue weighted by atomic mass is 10.1. The number of hydrogen-bond donors (Lipinski definition) is 1. The fourth-order valence-corrected chi connectivity index (χ4v) is 4.34. The number of amides is 1. The van der Waals surface area contributed by atoms with Crippen molar-refractivity contribution in [3.8, 4) is 0 Å². The summed E-state index contributed by atoms with van der Waals surface area (Å²) in [7, 11) is -2.39. The number of nitrogens with zero attached hydrogens (tertiary/aromatic N) is 1. The zero-order valence-electron chi connectivity index (χ0n) is 10.7. The second-order valence-electron chi connectivity index (χ2n) is 5.54. The molecule has 5 nitrogen and oxygen atoms in total. The van der Waals surface area contributed by atoms with Gasteiger partial charge in [0.2, 0.25) is 11.8 Å². The Morgan fingerprint density at radius 3 is 2.50 bits per heavy atom. The van der Waals surface area contributed by atoms with Gasteiger partial charge in [-0.15, -0.1) is 0 Å². The Balaban J connectivity index is 1.69. The Hall–Kier alpha value is -1.44. The average Bonchev–Trinajstić information content (AvgIpc) is 2.68. The molecule has 0 radical (unpaired) electrons. The maximum atomic E-state index is 13.0. The molecule has 3 rings (SSSR count). The van der Waals surface area contributed by atoms with Gasteiger partial charge in [-0.05, 0) is 24.0 Å². The quantitative estimate of drug-likeness (QED) is 0.910. The maximum absolute atomic E-state index is 13.0. The minimum Gasteiger partial charge on any atom is -0.340 e. The molecule has 1 amide bonds. The SMILES string of the molecule is Cn1cccc1S(=O)(=O)NC(=O)C1[C@H]2CC(F)(F)C[C@@H]12. The summed E-state index contributed by atoms with van der Waals surface area (Å²) in [6, 6.07) is 2.92. The lowest BCUT2D eigenvalue weighted by Crippen LogP contribution is -2.34. The number of carbonyl (C=O) groups excluding carboxylic acids is 1. The Morgan fingerprint density at radius 2 is 2.00 bits per heavy atom. The van der Waals surface area contributed by atoms with Crippen LogP contribution in [0.2, 0.25) is 0 Å². The van der Waals surface area contributed by atoms with Crippen LogP contribution in [0.1, 0.15) is 12.8 Å². The summed E-state index contributed by atoms with van der Waals surface area (Å²) in [6.07, 6.45) is 0.908. The molecule has 0 spiro atoms. The summed E-state index contributed by atoms with van der Waals surface area (Å²) in [6.45, 7) is 0. The van der Waals surface area contributed by atoms with Crippen LogP contribution in [-0.2, 0) is 21.9 Å². The van der Waals surface area contributed by atoms with Crippen LogP contribution in [-0.4, -0.2) is 24.8 Å². The third-order valence-corrected chi connectivity index (χ3v) is 5.55. The lowest BCUT2D eigenvalue weighted by molar-refractivity contribution is -0.122. The molecule has 2 aliphatic rings. The molecular formula is C12H14F2N2O3S. The van der Waals surface area contributed by atoms with Crippen LogP contribution in [0.4, 0.5) is 8.78 Å². The van der Waals surface area contributed by atoms with Gasteiger partial charge in [0.25, 0.3) is 10.0 Å². The highest BCUT2D eigenvalue weighted by molar-refractivity contribution is 7.90. The van der Waals surface area contributed by atoms with Gasteiger partial charge in [-0.3, -0.25) is 4.79 Å². The highest BCUT2D eigenvalue weighted by Crippen LogP contribution is 2.62. The number of aromatic nitrogens is 1. The number of aryl methyl sites for hydroxylation is 1. The van der Waals surface area contributed by atoms with E-state index in [1.807, 2.05) is 4.72 Å². The summed E-state index contributed by atoms with van der Waals surface area (Å²) in [5.74, 6) is -4.73. The summed E-state index contributed by atoms with van der Waals surface area (Å²) in [5, 5.41) is -0.0259. The van der Waals surface area contributed by atoms with Crippen molar-refractivity contribution >= 4 is 15.9 Å². The van der Waals surface area contributed by atoms with Gasteiger partial charge in [0.15, 0.2) is 5.03 Å². The Bertz CT molecular complexity index is 654. The van der Waals surface area contributed by atoms with Gasteiger partial charge in [0.1, 0.15) is 0 Å². The molecule has 110 valence electrons. The zero-order valence-corrected chi connectivity index (χ0v) is 11.5. The van der Waals surface area contributed by atoms with Crippen molar-refractivity contribution in [3.63, 3.8) is 0 Å². The predicted octanol–water partition coefficient (Wildman–Crippen LogP) is 1.12. The minimum atomic E-state index is -3.94. The fourth-order valence-electron chi connectivity index (χ4n) is 3.14. The third kappa shape index (κ3) is 2.11. The molecule has 20 heavy (non-hydrogen) atoms. The van der Waals surface area contributed by atoms with Crippen molar-refractivity contribution in [3.05, 3.63) is 18.3 Å². The smallest absolute Gasteiger partial charge is 0.279 e. The predicted molar refractivity (Wildman–Crippen MR) is 65.4 cm³/mol. The lowest BCUT2D eigenvalue weighted by Gasteiger charge is -2.13. The van der Waals surface area contributed by atoms with E-state index in [0.717, 1.165) is 0 Å². The van der Waals surface area contributed by atoms with E-state index in [2.05, 4.69) is 0 Å². The minimum absolute atomic E-state index is 0.0259. The molecule has 2 aliphatic carbocycles. The zero-order chi connectivity index (χ0) is 14.7. The van der Waals surface area contributed by atoms with Gasteiger partial charge in [0, 0.05) is 32.0 Å². The van der Waals surface area contributed by atoms with Crippen LogP contribution in [0.15, 0.2) is 23.4 Å². The molecule has 2 saturated carbocycles. The van der Waals surface area contributed by atoms with Crippen molar-refractivity contribution in [2.24, 2.45) is 24.8 Å². The van der Waals surface area contributed by atoms with Crippen molar-refractivity contribution in [1.82, 2.24) is 9.29 Å². The maximum Gasteiger partial charge on any atom is 0.279 e. The van der Waals surface area contributed by atoms with E-state index in [4.69, 9.17) is 0 Å². The molecule has 1 aromatic rings. The van der Waals surface area contributed by atoms with Crippen LogP contribution in [0.3, 0.4) is 0 Å². The Morgan fingerprint density at radius 1 is 1.40 bits per heavy atom. The first-order valence-electron chi connectivity index (χ1n) is 6.27. The van der Waals surface area contributed by atoms with E-state index in [9.17, 15) is 22.0 Å².